The minimum absolute atomic E-state index is 0.428. The van der Waals surface area contributed by atoms with Crippen molar-refractivity contribution in [1.29, 1.82) is 0 Å². The van der Waals surface area contributed by atoms with E-state index >= 15 is 0 Å². The Bertz CT molecular complexity index is 3260. The van der Waals surface area contributed by atoms with Gasteiger partial charge < -0.3 is 4.42 Å². The first-order valence-electron chi connectivity index (χ1n) is 18.4. The van der Waals surface area contributed by atoms with Crippen molar-refractivity contribution in [3.8, 4) is 45.3 Å². The predicted octanol–water partition coefficient (Wildman–Crippen LogP) is 13.5. The van der Waals surface area contributed by atoms with Crippen LogP contribution in [0.5, 0.6) is 0 Å². The minimum atomic E-state index is 0.428. The quantitative estimate of drug-likeness (QED) is 0.183. The van der Waals surface area contributed by atoms with Crippen LogP contribution in [0.1, 0.15) is 29.0 Å². The lowest BCUT2D eigenvalue weighted by Crippen LogP contribution is -2.06. The number of rotatable bonds is 4. The molecule has 0 saturated carbocycles. The molecule has 0 aliphatic heterocycles. The van der Waals surface area contributed by atoms with Crippen LogP contribution in [0.25, 0.3) is 110 Å². The van der Waals surface area contributed by atoms with Crippen molar-refractivity contribution < 1.29 is 4.42 Å². The zero-order chi connectivity index (χ0) is 35.3. The van der Waals surface area contributed by atoms with Crippen LogP contribution in [0.4, 0.5) is 0 Å². The van der Waals surface area contributed by atoms with Gasteiger partial charge in [-0.2, -0.15) is 0 Å². The molecule has 12 rings (SSSR count). The summed E-state index contributed by atoms with van der Waals surface area (Å²) in [5.41, 5.74) is 10.9. The summed E-state index contributed by atoms with van der Waals surface area (Å²) in [4.78, 5) is 15.5. The van der Waals surface area contributed by atoms with Gasteiger partial charge in [-0.05, 0) is 87.5 Å². The van der Waals surface area contributed by atoms with Crippen molar-refractivity contribution in [3.63, 3.8) is 0 Å². The van der Waals surface area contributed by atoms with Crippen molar-refractivity contribution in [2.75, 3.05) is 0 Å². The molecule has 0 radical (unpaired) electrons. The van der Waals surface area contributed by atoms with Crippen molar-refractivity contribution in [2.45, 2.75) is 12.3 Å². The van der Waals surface area contributed by atoms with E-state index in [1.54, 1.807) is 0 Å². The summed E-state index contributed by atoms with van der Waals surface area (Å²) in [6, 6.07) is 47.2. The van der Waals surface area contributed by atoms with Gasteiger partial charge in [0.05, 0.1) is 0 Å². The van der Waals surface area contributed by atoms with Crippen LogP contribution in [-0.2, 0) is 0 Å². The summed E-state index contributed by atoms with van der Waals surface area (Å²) in [7, 11) is 0. The molecular formula is C49H29N3OS. The largest absolute Gasteiger partial charge is 0.456 e. The molecule has 3 heterocycles. The first-order chi connectivity index (χ1) is 26.7. The maximum Gasteiger partial charge on any atom is 0.164 e. The topological polar surface area (TPSA) is 51.8 Å². The zero-order valence-electron chi connectivity index (χ0n) is 29.0. The van der Waals surface area contributed by atoms with Gasteiger partial charge in [-0.25, -0.2) is 15.0 Å². The van der Waals surface area contributed by atoms with Crippen LogP contribution in [0, 0.1) is 0 Å². The molecular weight excluding hydrogens is 679 g/mol. The molecule has 0 spiro atoms. The summed E-state index contributed by atoms with van der Waals surface area (Å²) < 4.78 is 9.05. The first kappa shape index (κ1) is 29.8. The van der Waals surface area contributed by atoms with Crippen molar-refractivity contribution >= 4 is 76.4 Å². The molecule has 5 heteroatoms. The summed E-state index contributed by atoms with van der Waals surface area (Å²) in [6.07, 6.45) is 10.3. The highest BCUT2D eigenvalue weighted by atomic mass is 32.1. The first-order valence-corrected chi connectivity index (χ1v) is 19.2. The monoisotopic (exact) mass is 707 g/mol. The summed E-state index contributed by atoms with van der Waals surface area (Å²) >= 11 is 1.81. The Morgan fingerprint density at radius 2 is 1.30 bits per heavy atom. The maximum absolute atomic E-state index is 6.53. The fourth-order valence-electron chi connectivity index (χ4n) is 8.69. The summed E-state index contributed by atoms with van der Waals surface area (Å²) in [6.45, 7) is 0. The Kier molecular flexibility index (Phi) is 6.30. The van der Waals surface area contributed by atoms with E-state index in [-0.39, 0.29) is 0 Å². The molecule has 7 aromatic carbocycles. The number of thiophene rings is 1. The maximum atomic E-state index is 6.53. The molecule has 3 aromatic heterocycles. The van der Waals surface area contributed by atoms with Gasteiger partial charge in [-0.1, -0.05) is 115 Å². The molecule has 4 nitrogen and oxygen atoms in total. The van der Waals surface area contributed by atoms with Crippen molar-refractivity contribution in [1.82, 2.24) is 15.0 Å². The Labute approximate surface area is 314 Å². The Balaban J connectivity index is 1.07. The van der Waals surface area contributed by atoms with E-state index in [0.29, 0.717) is 23.4 Å². The van der Waals surface area contributed by atoms with Crippen LogP contribution in [-0.4, -0.2) is 15.0 Å². The second-order valence-corrected chi connectivity index (χ2v) is 15.4. The van der Waals surface area contributed by atoms with Gasteiger partial charge in [-0.3, -0.25) is 0 Å². The van der Waals surface area contributed by atoms with Gasteiger partial charge >= 0.3 is 0 Å². The van der Waals surface area contributed by atoms with E-state index in [2.05, 4.69) is 127 Å². The number of hydrogen-bond donors (Lipinski definition) is 0. The summed E-state index contributed by atoms with van der Waals surface area (Å²) in [5.74, 6) is 2.31. The lowest BCUT2D eigenvalue weighted by Gasteiger charge is -2.26. The van der Waals surface area contributed by atoms with Crippen LogP contribution in [0.15, 0.2) is 150 Å². The number of benzene rings is 7. The normalized spacial score (nSPS) is 14.6. The number of allylic oxidation sites excluding steroid dienone is 2. The predicted molar refractivity (Wildman–Crippen MR) is 225 cm³/mol. The highest BCUT2D eigenvalue weighted by molar-refractivity contribution is 7.25. The Morgan fingerprint density at radius 1 is 0.500 bits per heavy atom. The molecule has 2 aliphatic rings. The van der Waals surface area contributed by atoms with Crippen LogP contribution in [0.2, 0.25) is 0 Å². The molecule has 252 valence electrons. The molecule has 10 aromatic rings. The smallest absolute Gasteiger partial charge is 0.164 e. The number of hydrogen-bond acceptors (Lipinski definition) is 5. The molecule has 0 amide bonds. The van der Waals surface area contributed by atoms with Gasteiger partial charge in [-0.15, -0.1) is 11.3 Å². The van der Waals surface area contributed by atoms with Gasteiger partial charge in [0, 0.05) is 53.6 Å². The molecule has 0 fully saturated rings. The third-order valence-corrected chi connectivity index (χ3v) is 12.4. The Hall–Kier alpha value is -6.69. The highest BCUT2D eigenvalue weighted by Crippen LogP contribution is 2.46. The summed E-state index contributed by atoms with van der Waals surface area (Å²) in [5, 5.41) is 7.15. The third-order valence-electron chi connectivity index (χ3n) is 11.2. The second kappa shape index (κ2) is 11.4. The fourth-order valence-corrected chi connectivity index (χ4v) is 9.78. The standard InChI is InChI=1S/C49H29N3OS/c1-2-8-31(9-3-1)47-50-48(33-21-25-43-38(27-33)35-12-4-5-15-42(35)54-43)52-49(51-47)37-13-7-14-41-46(37)39-26-32(20-24-40(39)53-41)34-22-18-30-17-16-28-10-6-11-29-19-23-36(34)45(30)44(28)29/h1-9,11-28H,10H2. The van der Waals surface area contributed by atoms with Gasteiger partial charge in [0.25, 0.3) is 0 Å². The van der Waals surface area contributed by atoms with E-state index in [1.165, 1.54) is 53.2 Å². The number of nitrogens with zero attached hydrogens (tertiary/aromatic N) is 3. The molecule has 0 N–H and O–H groups in total. The van der Waals surface area contributed by atoms with Gasteiger partial charge in [0.1, 0.15) is 11.2 Å². The van der Waals surface area contributed by atoms with E-state index in [9.17, 15) is 0 Å². The number of furan rings is 1. The molecule has 54 heavy (non-hydrogen) atoms. The lowest BCUT2D eigenvalue weighted by atomic mass is 9.77. The molecule has 1 atom stereocenters. The highest BCUT2D eigenvalue weighted by Gasteiger charge is 2.24. The van der Waals surface area contributed by atoms with E-state index in [4.69, 9.17) is 19.4 Å². The Morgan fingerprint density at radius 3 is 2.24 bits per heavy atom. The van der Waals surface area contributed by atoms with E-state index in [0.717, 1.165) is 50.6 Å². The lowest BCUT2D eigenvalue weighted by molar-refractivity contribution is 0.669. The van der Waals surface area contributed by atoms with E-state index < -0.39 is 0 Å². The third kappa shape index (κ3) is 4.46. The molecule has 0 bridgehead atoms. The zero-order valence-corrected chi connectivity index (χ0v) is 29.8. The molecule has 2 aliphatic carbocycles. The van der Waals surface area contributed by atoms with Crippen LogP contribution in [0.3, 0.4) is 0 Å². The molecule has 1 unspecified atom stereocenters. The van der Waals surface area contributed by atoms with Crippen molar-refractivity contribution in [2.24, 2.45) is 0 Å². The van der Waals surface area contributed by atoms with Crippen LogP contribution < -0.4 is 0 Å². The van der Waals surface area contributed by atoms with Crippen LogP contribution >= 0.6 is 11.3 Å². The SMILES string of the molecule is C1=Cc2ccc3c(-c4ccc5oc6cccc(-c7nc(-c8ccccc8)nc(-c8ccc9sc%10ccccc%10c9c8)n7)c6c5c4)ccc4c3c2C(C=C4)C1. The van der Waals surface area contributed by atoms with E-state index in [1.807, 2.05) is 41.7 Å². The number of fused-ring (bicyclic) bond motifs is 6. The van der Waals surface area contributed by atoms with Gasteiger partial charge in [0.2, 0.25) is 0 Å². The second-order valence-electron chi connectivity index (χ2n) is 14.3. The minimum Gasteiger partial charge on any atom is -0.456 e. The van der Waals surface area contributed by atoms with Gasteiger partial charge in [0.15, 0.2) is 17.5 Å². The van der Waals surface area contributed by atoms with Crippen molar-refractivity contribution in [3.05, 3.63) is 162 Å². The molecule has 0 saturated heterocycles. The average Bonchev–Trinajstić information content (AvgIpc) is 3.81. The average molecular weight is 708 g/mol. The fraction of sp³-hybridized carbons (Fsp3) is 0.0408. The number of aromatic nitrogens is 3.